The number of aromatic nitrogens is 2. The number of aryl methyl sites for hydroxylation is 1. The van der Waals surface area contributed by atoms with E-state index in [0.29, 0.717) is 5.56 Å². The molecule has 0 aliphatic heterocycles. The molecule has 0 unspecified atom stereocenters. The van der Waals surface area contributed by atoms with Gasteiger partial charge in [0.05, 0.1) is 5.56 Å². The molecule has 0 spiro atoms. The van der Waals surface area contributed by atoms with Crippen molar-refractivity contribution in [3.8, 4) is 11.1 Å². The standard InChI is InChI=1S/C15H19N3O2S/c1-9(2)17-14(19)12(11-8-6-5-7-10(11)3)13(16)18(17)15(20)21-4/h5-9H,16H2,1-4H3. The van der Waals surface area contributed by atoms with Crippen molar-refractivity contribution < 1.29 is 4.79 Å². The Morgan fingerprint density at radius 1 is 1.29 bits per heavy atom. The fourth-order valence-corrected chi connectivity index (χ4v) is 2.74. The van der Waals surface area contributed by atoms with E-state index >= 15 is 0 Å². The smallest absolute Gasteiger partial charge is 0.306 e. The molecule has 6 heteroatoms. The maximum absolute atomic E-state index is 12.7. The Morgan fingerprint density at radius 3 is 2.43 bits per heavy atom. The highest BCUT2D eigenvalue weighted by Crippen LogP contribution is 2.28. The van der Waals surface area contributed by atoms with Crippen LogP contribution in [0.4, 0.5) is 10.6 Å². The Morgan fingerprint density at radius 2 is 1.90 bits per heavy atom. The zero-order valence-electron chi connectivity index (χ0n) is 12.6. The highest BCUT2D eigenvalue weighted by atomic mass is 32.2. The minimum atomic E-state index is -0.266. The van der Waals surface area contributed by atoms with E-state index in [2.05, 4.69) is 0 Å². The molecule has 5 nitrogen and oxygen atoms in total. The number of nitrogens with zero attached hydrogens (tertiary/aromatic N) is 2. The third-order valence-corrected chi connectivity index (χ3v) is 3.90. The van der Waals surface area contributed by atoms with Gasteiger partial charge >= 0.3 is 5.24 Å². The molecule has 1 aromatic heterocycles. The van der Waals surface area contributed by atoms with Crippen LogP contribution in [0.5, 0.6) is 0 Å². The molecule has 1 heterocycles. The van der Waals surface area contributed by atoms with Crippen molar-refractivity contribution in [2.24, 2.45) is 0 Å². The molecule has 2 N–H and O–H groups in total. The summed E-state index contributed by atoms with van der Waals surface area (Å²) in [4.78, 5) is 24.9. The molecule has 0 aliphatic rings. The summed E-state index contributed by atoms with van der Waals surface area (Å²) in [5, 5.41) is -0.266. The molecule has 0 saturated heterocycles. The van der Waals surface area contributed by atoms with Crippen LogP contribution in [-0.2, 0) is 0 Å². The minimum absolute atomic E-state index is 0.159. The van der Waals surface area contributed by atoms with Crippen molar-refractivity contribution in [1.29, 1.82) is 0 Å². The van der Waals surface area contributed by atoms with Gasteiger partial charge < -0.3 is 5.73 Å². The number of carbonyl (C=O) groups is 1. The van der Waals surface area contributed by atoms with Gasteiger partial charge in [0.1, 0.15) is 5.82 Å². The van der Waals surface area contributed by atoms with Crippen LogP contribution in [0.1, 0.15) is 25.5 Å². The maximum Gasteiger partial charge on any atom is 0.306 e. The summed E-state index contributed by atoms with van der Waals surface area (Å²) >= 11 is 1.03. The fraction of sp³-hybridized carbons (Fsp3) is 0.333. The summed E-state index contributed by atoms with van der Waals surface area (Å²) < 4.78 is 2.69. The lowest BCUT2D eigenvalue weighted by atomic mass is 10.0. The molecule has 0 fully saturated rings. The lowest BCUT2D eigenvalue weighted by molar-refractivity contribution is 0.254. The van der Waals surface area contributed by atoms with Gasteiger partial charge in [-0.3, -0.25) is 9.59 Å². The van der Waals surface area contributed by atoms with E-state index in [0.717, 1.165) is 22.9 Å². The monoisotopic (exact) mass is 305 g/mol. The molecule has 112 valence electrons. The lowest BCUT2D eigenvalue weighted by Crippen LogP contribution is -2.28. The summed E-state index contributed by atoms with van der Waals surface area (Å²) in [6.45, 7) is 5.63. The average Bonchev–Trinajstić information content (AvgIpc) is 2.70. The molecule has 0 atom stereocenters. The van der Waals surface area contributed by atoms with Crippen LogP contribution in [0.2, 0.25) is 0 Å². The van der Waals surface area contributed by atoms with Crippen molar-refractivity contribution in [1.82, 2.24) is 9.36 Å². The Kier molecular flexibility index (Phi) is 4.27. The van der Waals surface area contributed by atoms with Crippen molar-refractivity contribution in [2.45, 2.75) is 26.8 Å². The molecule has 0 amide bonds. The van der Waals surface area contributed by atoms with Gasteiger partial charge in [0.2, 0.25) is 0 Å². The summed E-state index contributed by atoms with van der Waals surface area (Å²) in [6, 6.07) is 7.37. The topological polar surface area (TPSA) is 70.0 Å². The first kappa shape index (κ1) is 15.4. The van der Waals surface area contributed by atoms with Gasteiger partial charge in [-0.05, 0) is 38.2 Å². The molecule has 2 aromatic rings. The van der Waals surface area contributed by atoms with Crippen LogP contribution in [0.3, 0.4) is 0 Å². The van der Waals surface area contributed by atoms with E-state index in [1.54, 1.807) is 6.26 Å². The third kappa shape index (κ3) is 2.51. The molecule has 21 heavy (non-hydrogen) atoms. The second-order valence-corrected chi connectivity index (χ2v) is 5.86. The number of anilines is 1. The first-order valence-electron chi connectivity index (χ1n) is 6.67. The van der Waals surface area contributed by atoms with Gasteiger partial charge in [0, 0.05) is 6.04 Å². The zero-order valence-corrected chi connectivity index (χ0v) is 13.4. The average molecular weight is 305 g/mol. The number of benzene rings is 1. The van der Waals surface area contributed by atoms with E-state index < -0.39 is 0 Å². The van der Waals surface area contributed by atoms with E-state index in [9.17, 15) is 9.59 Å². The maximum atomic E-state index is 12.7. The first-order valence-corrected chi connectivity index (χ1v) is 7.90. The Bertz CT molecular complexity index is 744. The molecule has 0 aliphatic carbocycles. The highest BCUT2D eigenvalue weighted by molar-refractivity contribution is 8.13. The Balaban J connectivity index is 2.84. The van der Waals surface area contributed by atoms with E-state index in [-0.39, 0.29) is 22.7 Å². The third-order valence-electron chi connectivity index (χ3n) is 3.37. The van der Waals surface area contributed by atoms with E-state index in [4.69, 9.17) is 5.73 Å². The zero-order chi connectivity index (χ0) is 15.7. The quantitative estimate of drug-likeness (QED) is 0.925. The van der Waals surface area contributed by atoms with Gasteiger partial charge in [-0.25, -0.2) is 4.68 Å². The normalized spacial score (nSPS) is 11.1. The number of rotatable bonds is 2. The van der Waals surface area contributed by atoms with Crippen LogP contribution in [0, 0.1) is 6.92 Å². The van der Waals surface area contributed by atoms with Crippen molar-refractivity contribution in [2.75, 3.05) is 12.0 Å². The molecule has 0 saturated carbocycles. The minimum Gasteiger partial charge on any atom is -0.383 e. The van der Waals surface area contributed by atoms with Gasteiger partial charge in [-0.15, -0.1) is 0 Å². The van der Waals surface area contributed by atoms with Crippen LogP contribution >= 0.6 is 11.8 Å². The van der Waals surface area contributed by atoms with Gasteiger partial charge in [-0.1, -0.05) is 36.0 Å². The number of carbonyl (C=O) groups excluding carboxylic acids is 1. The van der Waals surface area contributed by atoms with Gasteiger partial charge in [0.15, 0.2) is 0 Å². The molecule has 0 bridgehead atoms. The molecule has 1 aromatic carbocycles. The van der Waals surface area contributed by atoms with Crippen molar-refractivity contribution in [3.63, 3.8) is 0 Å². The van der Waals surface area contributed by atoms with E-state index in [1.807, 2.05) is 45.0 Å². The van der Waals surface area contributed by atoms with Crippen molar-refractivity contribution >= 4 is 22.8 Å². The molecule has 0 radical (unpaired) electrons. The van der Waals surface area contributed by atoms with Crippen molar-refractivity contribution in [3.05, 3.63) is 40.2 Å². The SMILES string of the molecule is CSC(=O)n1c(N)c(-c2ccccc2C)c(=O)n1C(C)C. The number of hydrogen-bond acceptors (Lipinski definition) is 4. The number of nitrogens with two attached hydrogens (primary N) is 1. The highest BCUT2D eigenvalue weighted by Gasteiger charge is 2.24. The summed E-state index contributed by atoms with van der Waals surface area (Å²) in [7, 11) is 0. The molecule has 2 rings (SSSR count). The second-order valence-electron chi connectivity index (χ2n) is 5.10. The van der Waals surface area contributed by atoms with Gasteiger partial charge in [-0.2, -0.15) is 4.68 Å². The second kappa shape index (κ2) is 5.81. The number of hydrogen-bond donors (Lipinski definition) is 1. The summed E-state index contributed by atoms with van der Waals surface area (Å²) in [6.07, 6.45) is 1.67. The Labute approximate surface area is 127 Å². The Hall–Kier alpha value is -1.95. The van der Waals surface area contributed by atoms with E-state index in [1.165, 1.54) is 9.36 Å². The lowest BCUT2D eigenvalue weighted by Gasteiger charge is -2.13. The molecular weight excluding hydrogens is 286 g/mol. The summed E-state index contributed by atoms with van der Waals surface area (Å²) in [5.41, 5.74) is 8.00. The first-order chi connectivity index (χ1) is 9.90. The van der Waals surface area contributed by atoms with Gasteiger partial charge in [0.25, 0.3) is 5.56 Å². The fourth-order valence-electron chi connectivity index (χ4n) is 2.38. The largest absolute Gasteiger partial charge is 0.383 e. The van der Waals surface area contributed by atoms with Crippen LogP contribution in [-0.4, -0.2) is 20.9 Å². The number of nitrogen functional groups attached to an aromatic ring is 1. The number of thioether (sulfide) groups is 1. The molecular formula is C15H19N3O2S. The van der Waals surface area contributed by atoms with Crippen LogP contribution in [0.25, 0.3) is 11.1 Å². The van der Waals surface area contributed by atoms with Crippen LogP contribution < -0.4 is 11.3 Å². The van der Waals surface area contributed by atoms with Crippen LogP contribution in [0.15, 0.2) is 29.1 Å². The summed E-state index contributed by atoms with van der Waals surface area (Å²) in [5.74, 6) is 0.197. The predicted molar refractivity (Wildman–Crippen MR) is 88.0 cm³/mol. The predicted octanol–water partition coefficient (Wildman–Crippen LogP) is 3.12.